The molecule has 0 saturated carbocycles. The van der Waals surface area contributed by atoms with Gasteiger partial charge in [0.2, 0.25) is 9.84 Å². The summed E-state index contributed by atoms with van der Waals surface area (Å²) in [5.41, 5.74) is 0.430. The summed E-state index contributed by atoms with van der Waals surface area (Å²) < 4.78 is 53.1. The van der Waals surface area contributed by atoms with Gasteiger partial charge in [0.25, 0.3) is 5.91 Å². The number of amides is 1. The lowest BCUT2D eigenvalue weighted by Gasteiger charge is -2.12. The van der Waals surface area contributed by atoms with Crippen LogP contribution in [0.2, 0.25) is 5.02 Å². The summed E-state index contributed by atoms with van der Waals surface area (Å²) in [4.78, 5) is 11.7. The molecule has 0 aliphatic carbocycles. The lowest BCUT2D eigenvalue weighted by atomic mass is 10.2. The number of hydrogen-bond donors (Lipinski definition) is 1. The molecule has 1 N–H and O–H groups in total. The Hall–Kier alpha value is -2.19. The van der Waals surface area contributed by atoms with E-state index in [9.17, 15) is 22.0 Å². The maximum absolute atomic E-state index is 12.5. The van der Waals surface area contributed by atoms with Gasteiger partial charge in [-0.2, -0.15) is 8.78 Å². The molecule has 0 atom stereocenters. The van der Waals surface area contributed by atoms with E-state index < -0.39 is 26.4 Å². The van der Waals surface area contributed by atoms with E-state index in [2.05, 4.69) is 5.32 Å². The van der Waals surface area contributed by atoms with Gasteiger partial charge in [-0.25, -0.2) is 8.42 Å². The van der Waals surface area contributed by atoms with Crippen molar-refractivity contribution in [3.63, 3.8) is 0 Å². The molecule has 2 aromatic rings. The second kappa shape index (κ2) is 7.79. The van der Waals surface area contributed by atoms with Crippen LogP contribution in [0.3, 0.4) is 0 Å². The number of carbonyl (C=O) groups is 1. The highest BCUT2D eigenvalue weighted by Gasteiger charge is 2.26. The zero-order valence-electron chi connectivity index (χ0n) is 13.0. The molecule has 0 unspecified atom stereocenters. The maximum atomic E-state index is 12.5. The zero-order valence-corrected chi connectivity index (χ0v) is 14.6. The number of carbonyl (C=O) groups excluding carboxylic acids is 1. The second-order valence-corrected chi connectivity index (χ2v) is 7.21. The smallest absolute Gasteiger partial charge is 0.341 e. The van der Waals surface area contributed by atoms with Crippen molar-refractivity contribution < 1.29 is 26.7 Å². The second-order valence-electron chi connectivity index (χ2n) is 4.86. The third-order valence-electron chi connectivity index (χ3n) is 3.17. The molecule has 0 aliphatic rings. The van der Waals surface area contributed by atoms with Gasteiger partial charge in [0.1, 0.15) is 5.75 Å². The summed E-state index contributed by atoms with van der Waals surface area (Å²) in [7, 11) is -4.70. The van der Waals surface area contributed by atoms with Crippen LogP contribution in [-0.2, 0) is 9.84 Å². The molecule has 0 spiro atoms. The minimum atomic E-state index is -4.70. The standard InChI is InChI=1S/C16H14ClF2NO4S/c1-2-24-14-8-5-11(17)9-13(14)20-15(21)10-3-6-12(7-4-10)25(22,23)16(18)19/h3-9,16H,2H2,1H3,(H,20,21). The SMILES string of the molecule is CCOc1ccc(Cl)cc1NC(=O)c1ccc(S(=O)(=O)C(F)F)cc1. The molecule has 0 aromatic heterocycles. The monoisotopic (exact) mass is 389 g/mol. The average molecular weight is 390 g/mol. The highest BCUT2D eigenvalue weighted by atomic mass is 35.5. The van der Waals surface area contributed by atoms with Crippen LogP contribution in [0, 0.1) is 0 Å². The van der Waals surface area contributed by atoms with Gasteiger partial charge in [0, 0.05) is 10.6 Å². The molecule has 0 radical (unpaired) electrons. The Labute approximate surface area is 148 Å². The fourth-order valence-corrected chi connectivity index (χ4v) is 2.87. The van der Waals surface area contributed by atoms with Crippen molar-refractivity contribution in [3.05, 3.63) is 53.1 Å². The van der Waals surface area contributed by atoms with Crippen molar-refractivity contribution in [1.82, 2.24) is 0 Å². The largest absolute Gasteiger partial charge is 0.492 e. The first kappa shape index (κ1) is 19.1. The molecular formula is C16H14ClF2NO4S. The molecule has 134 valence electrons. The summed E-state index contributed by atoms with van der Waals surface area (Å²) in [6.45, 7) is 2.16. The molecule has 0 aliphatic heterocycles. The summed E-state index contributed by atoms with van der Waals surface area (Å²) >= 11 is 5.90. The first-order valence-corrected chi connectivity index (χ1v) is 9.04. The number of halogens is 3. The predicted molar refractivity (Wildman–Crippen MR) is 90.2 cm³/mol. The molecule has 0 bridgehead atoms. The molecule has 0 saturated heterocycles. The normalized spacial score (nSPS) is 11.4. The molecular weight excluding hydrogens is 376 g/mol. The van der Waals surface area contributed by atoms with Gasteiger partial charge in [0.05, 0.1) is 17.2 Å². The van der Waals surface area contributed by atoms with E-state index in [4.69, 9.17) is 16.3 Å². The summed E-state index contributed by atoms with van der Waals surface area (Å²) in [5.74, 6) is -3.67. The first-order valence-electron chi connectivity index (χ1n) is 7.11. The Morgan fingerprint density at radius 1 is 1.20 bits per heavy atom. The van der Waals surface area contributed by atoms with E-state index in [0.717, 1.165) is 24.3 Å². The van der Waals surface area contributed by atoms with E-state index in [1.165, 1.54) is 6.07 Å². The van der Waals surface area contributed by atoms with Crippen molar-refractivity contribution in [3.8, 4) is 5.75 Å². The molecule has 9 heteroatoms. The number of hydrogen-bond acceptors (Lipinski definition) is 4. The minimum Gasteiger partial charge on any atom is -0.492 e. The number of alkyl halides is 2. The fourth-order valence-electron chi connectivity index (χ4n) is 1.97. The minimum absolute atomic E-state index is 0.0932. The lowest BCUT2D eigenvalue weighted by Crippen LogP contribution is -2.14. The molecule has 0 fully saturated rings. The fraction of sp³-hybridized carbons (Fsp3) is 0.188. The average Bonchev–Trinajstić information content (AvgIpc) is 2.57. The Morgan fingerprint density at radius 3 is 2.40 bits per heavy atom. The third-order valence-corrected chi connectivity index (χ3v) is 4.80. The van der Waals surface area contributed by atoms with Crippen LogP contribution < -0.4 is 10.1 Å². The Kier molecular flexibility index (Phi) is 5.97. The lowest BCUT2D eigenvalue weighted by molar-refractivity contribution is 0.102. The van der Waals surface area contributed by atoms with Crippen LogP contribution >= 0.6 is 11.6 Å². The summed E-state index contributed by atoms with van der Waals surface area (Å²) in [6, 6.07) is 8.91. The molecule has 5 nitrogen and oxygen atoms in total. The Balaban J connectivity index is 2.24. The van der Waals surface area contributed by atoms with E-state index in [1.54, 1.807) is 19.1 Å². The van der Waals surface area contributed by atoms with Gasteiger partial charge in [-0.1, -0.05) is 11.6 Å². The van der Waals surface area contributed by atoms with Gasteiger partial charge in [0.15, 0.2) is 0 Å². The van der Waals surface area contributed by atoms with Crippen molar-refractivity contribution >= 4 is 33.0 Å². The number of benzene rings is 2. The number of sulfone groups is 1. The van der Waals surface area contributed by atoms with Crippen molar-refractivity contribution in [2.45, 2.75) is 17.6 Å². The maximum Gasteiger partial charge on any atom is 0.341 e. The molecule has 1 amide bonds. The Morgan fingerprint density at radius 2 is 1.84 bits per heavy atom. The van der Waals surface area contributed by atoms with Gasteiger partial charge < -0.3 is 10.1 Å². The van der Waals surface area contributed by atoms with Crippen molar-refractivity contribution in [2.75, 3.05) is 11.9 Å². The van der Waals surface area contributed by atoms with Gasteiger partial charge in [-0.05, 0) is 49.4 Å². The topological polar surface area (TPSA) is 72.5 Å². The van der Waals surface area contributed by atoms with Crippen molar-refractivity contribution in [1.29, 1.82) is 0 Å². The molecule has 2 rings (SSSR count). The Bertz CT molecular complexity index is 870. The third kappa shape index (κ3) is 4.46. The van der Waals surface area contributed by atoms with E-state index >= 15 is 0 Å². The highest BCUT2D eigenvalue weighted by Crippen LogP contribution is 2.28. The molecule has 25 heavy (non-hydrogen) atoms. The van der Waals surface area contributed by atoms with Gasteiger partial charge in [-0.15, -0.1) is 0 Å². The summed E-state index contributed by atoms with van der Waals surface area (Å²) in [6.07, 6.45) is 0. The number of anilines is 1. The van der Waals surface area contributed by atoms with Gasteiger partial charge >= 0.3 is 5.76 Å². The van der Waals surface area contributed by atoms with Crippen LogP contribution in [0.15, 0.2) is 47.4 Å². The number of ether oxygens (including phenoxy) is 1. The number of nitrogens with one attached hydrogen (secondary N) is 1. The number of rotatable bonds is 6. The zero-order chi connectivity index (χ0) is 18.6. The van der Waals surface area contributed by atoms with Crippen LogP contribution in [0.25, 0.3) is 0 Å². The van der Waals surface area contributed by atoms with E-state index in [0.29, 0.717) is 23.1 Å². The van der Waals surface area contributed by atoms with Crippen LogP contribution in [0.1, 0.15) is 17.3 Å². The summed E-state index contributed by atoms with van der Waals surface area (Å²) in [5, 5.41) is 2.97. The van der Waals surface area contributed by atoms with Crippen LogP contribution in [-0.4, -0.2) is 26.7 Å². The van der Waals surface area contributed by atoms with Crippen LogP contribution in [0.5, 0.6) is 5.75 Å². The van der Waals surface area contributed by atoms with E-state index in [-0.39, 0.29) is 5.56 Å². The van der Waals surface area contributed by atoms with Crippen LogP contribution in [0.4, 0.5) is 14.5 Å². The van der Waals surface area contributed by atoms with Gasteiger partial charge in [-0.3, -0.25) is 4.79 Å². The molecule has 0 heterocycles. The van der Waals surface area contributed by atoms with E-state index in [1.807, 2.05) is 0 Å². The highest BCUT2D eigenvalue weighted by molar-refractivity contribution is 7.91. The quantitative estimate of drug-likeness (QED) is 0.810. The van der Waals surface area contributed by atoms with Crippen molar-refractivity contribution in [2.24, 2.45) is 0 Å². The molecule has 2 aromatic carbocycles. The predicted octanol–water partition coefficient (Wildman–Crippen LogP) is 3.99. The first-order chi connectivity index (χ1) is 11.8.